The van der Waals surface area contributed by atoms with E-state index >= 15 is 0 Å². The number of carbonyl (C=O) groups is 2. The lowest BCUT2D eigenvalue weighted by Gasteiger charge is -2.13. The van der Waals surface area contributed by atoms with E-state index in [1.54, 1.807) is 30.4 Å². The third kappa shape index (κ3) is 4.53. The molecule has 0 bridgehead atoms. The zero-order chi connectivity index (χ0) is 19.1. The standard InChI is InChI=1S/C17H17N3O6/c1-3-9-26-12-7-5-11(10-13(12)25-4-2)6-8-14-18-16(21)15(20(23)24)17(22)19-14/h3,5-8,10,15H,1,4,9H2,2H3,(H,18,19,21,22)/b8-6+. The highest BCUT2D eigenvalue weighted by molar-refractivity contribution is 6.21. The SMILES string of the molecule is C=CCOc1ccc(/C=C/C2=NC(=O)C([N+](=O)[O-])C(=O)N2)cc1OCC. The minimum absolute atomic E-state index is 0.0666. The van der Waals surface area contributed by atoms with E-state index in [1.807, 2.05) is 6.92 Å². The second kappa shape index (κ2) is 8.56. The number of aliphatic imine (C=N–C) groups is 1. The Morgan fingerprint density at radius 1 is 1.31 bits per heavy atom. The smallest absolute Gasteiger partial charge is 0.368 e. The monoisotopic (exact) mass is 359 g/mol. The lowest BCUT2D eigenvalue weighted by molar-refractivity contribution is -0.493. The molecule has 1 N–H and O–H groups in total. The Kier molecular flexibility index (Phi) is 6.20. The molecule has 2 amide bonds. The van der Waals surface area contributed by atoms with Gasteiger partial charge in [0.2, 0.25) is 0 Å². The van der Waals surface area contributed by atoms with Crippen molar-refractivity contribution >= 4 is 23.7 Å². The number of hydrogen-bond acceptors (Lipinski definition) is 6. The molecule has 1 heterocycles. The Morgan fingerprint density at radius 2 is 2.08 bits per heavy atom. The highest BCUT2D eigenvalue weighted by Crippen LogP contribution is 2.29. The van der Waals surface area contributed by atoms with E-state index in [-0.39, 0.29) is 5.84 Å². The van der Waals surface area contributed by atoms with Crippen molar-refractivity contribution in [3.05, 3.63) is 52.6 Å². The Morgan fingerprint density at radius 3 is 2.69 bits per heavy atom. The van der Waals surface area contributed by atoms with Gasteiger partial charge in [-0.2, -0.15) is 4.99 Å². The molecule has 1 aliphatic heterocycles. The van der Waals surface area contributed by atoms with Crippen LogP contribution in [0.3, 0.4) is 0 Å². The normalized spacial score (nSPS) is 16.8. The highest BCUT2D eigenvalue weighted by Gasteiger charge is 2.41. The molecule has 1 unspecified atom stereocenters. The molecule has 2 rings (SSSR count). The van der Waals surface area contributed by atoms with Crippen LogP contribution in [-0.4, -0.2) is 41.8 Å². The van der Waals surface area contributed by atoms with E-state index in [0.717, 1.165) is 0 Å². The van der Waals surface area contributed by atoms with Gasteiger partial charge < -0.3 is 14.8 Å². The van der Waals surface area contributed by atoms with E-state index in [9.17, 15) is 19.7 Å². The molecular weight excluding hydrogens is 342 g/mol. The van der Waals surface area contributed by atoms with Gasteiger partial charge >= 0.3 is 17.9 Å². The van der Waals surface area contributed by atoms with E-state index in [1.165, 1.54) is 6.08 Å². The zero-order valence-electron chi connectivity index (χ0n) is 14.0. The number of hydrogen-bond donors (Lipinski definition) is 1. The average Bonchev–Trinajstić information content (AvgIpc) is 2.58. The van der Waals surface area contributed by atoms with Crippen LogP contribution in [0.2, 0.25) is 0 Å². The van der Waals surface area contributed by atoms with Crippen LogP contribution in [0.1, 0.15) is 12.5 Å². The minimum atomic E-state index is -2.00. The van der Waals surface area contributed by atoms with Gasteiger partial charge in [-0.25, -0.2) is 0 Å². The molecular formula is C17H17N3O6. The third-order valence-corrected chi connectivity index (χ3v) is 3.23. The summed E-state index contributed by atoms with van der Waals surface area (Å²) in [7, 11) is 0. The van der Waals surface area contributed by atoms with E-state index in [2.05, 4.69) is 16.9 Å². The van der Waals surface area contributed by atoms with E-state index < -0.39 is 22.8 Å². The number of carbonyl (C=O) groups excluding carboxylic acids is 2. The Bertz CT molecular complexity index is 800. The van der Waals surface area contributed by atoms with Crippen molar-refractivity contribution in [2.75, 3.05) is 13.2 Å². The molecule has 0 saturated heterocycles. The molecule has 26 heavy (non-hydrogen) atoms. The first-order valence-electron chi connectivity index (χ1n) is 7.71. The molecule has 1 aliphatic rings. The molecule has 0 radical (unpaired) electrons. The van der Waals surface area contributed by atoms with Crippen molar-refractivity contribution in [2.45, 2.75) is 13.0 Å². The predicted molar refractivity (Wildman–Crippen MR) is 93.7 cm³/mol. The van der Waals surface area contributed by atoms with Crippen LogP contribution in [0.25, 0.3) is 6.08 Å². The zero-order valence-corrected chi connectivity index (χ0v) is 14.0. The molecule has 0 saturated carbocycles. The van der Waals surface area contributed by atoms with Crippen LogP contribution in [0.4, 0.5) is 0 Å². The van der Waals surface area contributed by atoms with E-state index in [0.29, 0.717) is 30.3 Å². The Hall–Kier alpha value is -3.49. The third-order valence-electron chi connectivity index (χ3n) is 3.23. The van der Waals surface area contributed by atoms with Crippen LogP contribution < -0.4 is 14.8 Å². The molecule has 1 atom stereocenters. The van der Waals surface area contributed by atoms with Gasteiger partial charge in [0.05, 0.1) is 6.61 Å². The van der Waals surface area contributed by atoms with Crippen molar-refractivity contribution in [1.29, 1.82) is 0 Å². The fourth-order valence-corrected chi connectivity index (χ4v) is 2.12. The fraction of sp³-hybridized carbons (Fsp3) is 0.235. The summed E-state index contributed by atoms with van der Waals surface area (Å²) >= 11 is 0. The molecule has 0 spiro atoms. The predicted octanol–water partition coefficient (Wildman–Crippen LogP) is 1.36. The van der Waals surface area contributed by atoms with Crippen molar-refractivity contribution in [1.82, 2.24) is 5.32 Å². The van der Waals surface area contributed by atoms with Gasteiger partial charge in [0.15, 0.2) is 11.5 Å². The fourth-order valence-electron chi connectivity index (χ4n) is 2.12. The molecule has 0 aliphatic carbocycles. The van der Waals surface area contributed by atoms with Gasteiger partial charge in [-0.05, 0) is 30.7 Å². The van der Waals surface area contributed by atoms with Crippen LogP contribution in [0.5, 0.6) is 11.5 Å². The maximum absolute atomic E-state index is 11.6. The van der Waals surface area contributed by atoms with Gasteiger partial charge in [0, 0.05) is 4.92 Å². The first kappa shape index (κ1) is 18.8. The number of nitrogens with zero attached hydrogens (tertiary/aromatic N) is 2. The lowest BCUT2D eigenvalue weighted by atomic mass is 10.1. The second-order valence-electron chi connectivity index (χ2n) is 5.08. The molecule has 0 aromatic heterocycles. The summed E-state index contributed by atoms with van der Waals surface area (Å²) in [6, 6.07) is 3.16. The summed E-state index contributed by atoms with van der Waals surface area (Å²) in [6.07, 6.45) is 4.57. The maximum Gasteiger partial charge on any atom is 0.368 e. The summed E-state index contributed by atoms with van der Waals surface area (Å²) in [6.45, 7) is 6.19. The number of benzene rings is 1. The minimum Gasteiger partial charge on any atom is -0.490 e. The van der Waals surface area contributed by atoms with Crippen LogP contribution in [0.15, 0.2) is 41.9 Å². The summed E-state index contributed by atoms with van der Waals surface area (Å²) in [5.41, 5.74) is 0.695. The molecule has 1 aromatic carbocycles. The van der Waals surface area contributed by atoms with Crippen molar-refractivity contribution < 1.29 is 24.0 Å². The average molecular weight is 359 g/mol. The largest absolute Gasteiger partial charge is 0.490 e. The highest BCUT2D eigenvalue weighted by atomic mass is 16.6. The van der Waals surface area contributed by atoms with Crippen molar-refractivity contribution in [2.24, 2.45) is 4.99 Å². The van der Waals surface area contributed by atoms with Crippen LogP contribution in [0, 0.1) is 10.1 Å². The van der Waals surface area contributed by atoms with Crippen molar-refractivity contribution in [3.63, 3.8) is 0 Å². The first-order chi connectivity index (χ1) is 12.5. The number of amidine groups is 1. The van der Waals surface area contributed by atoms with E-state index in [4.69, 9.17) is 9.47 Å². The van der Waals surface area contributed by atoms with Gasteiger partial charge in [0.25, 0.3) is 0 Å². The molecule has 9 heteroatoms. The molecule has 0 fully saturated rings. The number of nitro groups is 1. The first-order valence-corrected chi connectivity index (χ1v) is 7.71. The van der Waals surface area contributed by atoms with Gasteiger partial charge in [0.1, 0.15) is 12.4 Å². The molecule has 136 valence electrons. The molecule has 1 aromatic rings. The Balaban J connectivity index is 2.19. The quantitative estimate of drug-likeness (QED) is 0.324. The summed E-state index contributed by atoms with van der Waals surface area (Å²) in [4.78, 5) is 36.4. The summed E-state index contributed by atoms with van der Waals surface area (Å²) in [5.74, 6) is -1.12. The van der Waals surface area contributed by atoms with Gasteiger partial charge in [-0.1, -0.05) is 24.8 Å². The van der Waals surface area contributed by atoms with Crippen molar-refractivity contribution in [3.8, 4) is 11.5 Å². The summed E-state index contributed by atoms with van der Waals surface area (Å²) in [5, 5.41) is 12.9. The van der Waals surface area contributed by atoms with Crippen LogP contribution >= 0.6 is 0 Å². The maximum atomic E-state index is 11.6. The number of ether oxygens (including phenoxy) is 2. The number of amides is 2. The summed E-state index contributed by atoms with van der Waals surface area (Å²) < 4.78 is 11.0. The van der Waals surface area contributed by atoms with Gasteiger partial charge in [-0.15, -0.1) is 0 Å². The lowest BCUT2D eigenvalue weighted by Crippen LogP contribution is -2.50. The second-order valence-corrected chi connectivity index (χ2v) is 5.08. The number of rotatable bonds is 8. The Labute approximate surface area is 149 Å². The van der Waals surface area contributed by atoms with Crippen LogP contribution in [-0.2, 0) is 9.59 Å². The topological polar surface area (TPSA) is 120 Å². The molecule has 9 nitrogen and oxygen atoms in total. The van der Waals surface area contributed by atoms with Gasteiger partial charge in [-0.3, -0.25) is 19.7 Å². The number of nitrogens with one attached hydrogen (secondary N) is 1.